The molecule has 3 heterocycles. The van der Waals surface area contributed by atoms with Gasteiger partial charge in [-0.25, -0.2) is 18.4 Å². The zero-order valence-corrected chi connectivity index (χ0v) is 35.0. The number of hydrogen-bond acceptors (Lipinski definition) is 9. The summed E-state index contributed by atoms with van der Waals surface area (Å²) < 4.78 is 85.7. The fourth-order valence-corrected chi connectivity index (χ4v) is 10.4. The number of para-hydroxylation sites is 1. The molecule has 8 rings (SSSR count). The second-order valence-corrected chi connectivity index (χ2v) is 17.8. The van der Waals surface area contributed by atoms with Gasteiger partial charge in [-0.05, 0) is 87.1 Å². The van der Waals surface area contributed by atoms with Gasteiger partial charge < -0.3 is 46.3 Å². The van der Waals surface area contributed by atoms with Gasteiger partial charge in [0, 0.05) is 19.0 Å². The number of benzene rings is 2. The van der Waals surface area contributed by atoms with Crippen LogP contribution in [0.2, 0.25) is 0 Å². The number of amidine groups is 1. The minimum absolute atomic E-state index is 0.0210. The molecule has 3 amide bonds. The lowest BCUT2D eigenvalue weighted by molar-refractivity contribution is -0.817. The predicted octanol–water partition coefficient (Wildman–Crippen LogP) is 6.34. The maximum Gasteiger partial charge on any atom is 0.481 e. The van der Waals surface area contributed by atoms with Crippen molar-refractivity contribution in [1.82, 2.24) is 16.0 Å². The smallest absolute Gasteiger partial charge is 0.481 e. The molecule has 7 N–H and O–H groups in total. The van der Waals surface area contributed by atoms with Gasteiger partial charge in [0.15, 0.2) is 5.70 Å². The molecule has 0 spiro atoms. The van der Waals surface area contributed by atoms with Crippen LogP contribution in [-0.4, -0.2) is 78.3 Å². The summed E-state index contributed by atoms with van der Waals surface area (Å²) in [6, 6.07) is 9.51. The Balaban J connectivity index is 1.20. The van der Waals surface area contributed by atoms with Gasteiger partial charge >= 0.3 is 25.3 Å². The molecule has 2 aromatic rings. The van der Waals surface area contributed by atoms with Crippen LogP contribution in [0, 0.1) is 33.8 Å². The van der Waals surface area contributed by atoms with Gasteiger partial charge in [0.25, 0.3) is 0 Å². The number of anilines is 1. The minimum Gasteiger partial charge on any atom is -0.621 e. The average molecular weight is 872 g/mol. The predicted molar refractivity (Wildman–Crippen MR) is 218 cm³/mol. The lowest BCUT2D eigenvalue weighted by Crippen LogP contribution is -2.66. The fraction of sp³-hybridized carbons (Fsp3) is 0.524. The quantitative estimate of drug-likeness (QED) is 0.0253. The molecule has 2 bridgehead atoms. The van der Waals surface area contributed by atoms with Gasteiger partial charge in [0.05, 0.1) is 52.6 Å². The van der Waals surface area contributed by atoms with E-state index in [1.54, 1.807) is 19.1 Å². The number of halogens is 5. The summed E-state index contributed by atoms with van der Waals surface area (Å²) in [6.07, 6.45) is -6.23. The maximum atomic E-state index is 15.5. The highest BCUT2D eigenvalue weighted by atomic mass is 19.4. The maximum absolute atomic E-state index is 15.5. The topological polar surface area (TPSA) is 200 Å². The second-order valence-electron chi connectivity index (χ2n) is 17.8. The van der Waals surface area contributed by atoms with Crippen LogP contribution in [0.15, 0.2) is 71.7 Å². The Morgan fingerprint density at radius 1 is 1.10 bits per heavy atom. The first-order valence-corrected chi connectivity index (χ1v) is 20.6. The molecule has 6 aliphatic rings. The van der Waals surface area contributed by atoms with Crippen LogP contribution in [0.5, 0.6) is 0 Å². The molecule has 2 aromatic carbocycles. The Labute approximate surface area is 356 Å². The zero-order valence-electron chi connectivity index (χ0n) is 35.0. The van der Waals surface area contributed by atoms with Crippen LogP contribution >= 0.6 is 0 Å². The van der Waals surface area contributed by atoms with E-state index in [-0.39, 0.29) is 70.9 Å². The summed E-state index contributed by atoms with van der Waals surface area (Å²) in [5.74, 6) is -4.53. The van der Waals surface area contributed by atoms with Crippen molar-refractivity contribution >= 4 is 36.5 Å². The lowest BCUT2D eigenvalue weighted by Gasteiger charge is -2.64. The Hall–Kier alpha value is -5.05. The third-order valence-corrected chi connectivity index (χ3v) is 13.4. The van der Waals surface area contributed by atoms with Crippen LogP contribution < -0.4 is 27.0 Å². The first-order chi connectivity index (χ1) is 29.0. The van der Waals surface area contributed by atoms with Crippen molar-refractivity contribution in [3.63, 3.8) is 0 Å². The van der Waals surface area contributed by atoms with Crippen LogP contribution in [-0.2, 0) is 31.6 Å². The van der Waals surface area contributed by atoms with Crippen molar-refractivity contribution < 1.29 is 55.0 Å². The summed E-state index contributed by atoms with van der Waals surface area (Å²) in [7, 11) is -1.23. The van der Waals surface area contributed by atoms with E-state index in [0.717, 1.165) is 18.6 Å². The van der Waals surface area contributed by atoms with Crippen LogP contribution in [0.3, 0.4) is 0 Å². The third kappa shape index (κ3) is 8.17. The average Bonchev–Trinajstić information content (AvgIpc) is 3.71. The van der Waals surface area contributed by atoms with Gasteiger partial charge in [0.1, 0.15) is 17.9 Å². The van der Waals surface area contributed by atoms with Crippen molar-refractivity contribution in [2.75, 3.05) is 18.5 Å². The number of carbonyl (C=O) groups is 3. The number of nitrogens with zero attached hydrogens (tertiary/aromatic N) is 1. The molecular formula is C42H51BF5N7O7. The summed E-state index contributed by atoms with van der Waals surface area (Å²) in [6.45, 7) is 8.43. The van der Waals surface area contributed by atoms with Crippen molar-refractivity contribution in [3.8, 4) is 0 Å². The van der Waals surface area contributed by atoms with Crippen molar-refractivity contribution in [1.29, 1.82) is 5.41 Å². The summed E-state index contributed by atoms with van der Waals surface area (Å²) in [5.41, 5.74) is 2.43. The first-order valence-electron chi connectivity index (χ1n) is 20.6. The first kappa shape index (κ1) is 45.0. The van der Waals surface area contributed by atoms with E-state index in [1.807, 2.05) is 6.92 Å². The van der Waals surface area contributed by atoms with E-state index in [9.17, 15) is 36.3 Å². The molecule has 2 saturated heterocycles. The number of carbonyl (C=O) groups excluding carboxylic acids is 3. The van der Waals surface area contributed by atoms with Crippen molar-refractivity contribution in [3.05, 3.63) is 93.6 Å². The molecule has 3 aliphatic carbocycles. The molecular weight excluding hydrogens is 820 g/mol. The molecule has 62 heavy (non-hydrogen) atoms. The molecule has 5 fully saturated rings. The number of esters is 1. The van der Waals surface area contributed by atoms with Gasteiger partial charge in [-0.1, -0.05) is 38.1 Å². The molecule has 1 unspecified atom stereocenters. The Kier molecular flexibility index (Phi) is 11.8. The number of quaternary nitrogens is 1. The highest BCUT2D eigenvalue weighted by molar-refractivity contribution is 6.48. The third-order valence-electron chi connectivity index (χ3n) is 13.4. The van der Waals surface area contributed by atoms with E-state index in [4.69, 9.17) is 25.2 Å². The molecule has 3 saturated carbocycles. The Bertz CT molecular complexity index is 2210. The number of nitrogens with one attached hydrogen (secondary N) is 5. The number of hydrogen-bond donors (Lipinski definition) is 6. The van der Waals surface area contributed by atoms with Gasteiger partial charge in [-0.3, -0.25) is 14.9 Å². The second kappa shape index (κ2) is 16.3. The highest BCUT2D eigenvalue weighted by Crippen LogP contribution is 2.66. The Morgan fingerprint density at radius 2 is 1.82 bits per heavy atom. The number of amides is 3. The number of urea groups is 1. The number of nitrogens with two attached hydrogens (primary N) is 1. The van der Waals surface area contributed by atoms with Gasteiger partial charge in [-0.15, -0.1) is 0 Å². The summed E-state index contributed by atoms with van der Waals surface area (Å²) in [5, 5.41) is 34.9. The van der Waals surface area contributed by atoms with Crippen LogP contribution in [0.1, 0.15) is 81.8 Å². The molecule has 20 heteroatoms. The molecule has 334 valence electrons. The Morgan fingerprint density at radius 3 is 2.48 bits per heavy atom. The van der Waals surface area contributed by atoms with E-state index < -0.39 is 89.6 Å². The number of ether oxygens (including phenoxy) is 1. The van der Waals surface area contributed by atoms with Crippen LogP contribution in [0.25, 0.3) is 0 Å². The molecule has 3 aliphatic heterocycles. The largest absolute Gasteiger partial charge is 0.621 e. The normalized spacial score (nSPS) is 30.1. The molecule has 0 aromatic heterocycles. The SMILES string of the molecule is CCOC(=O)c1ccccc1NC(=O)N[C@]1(C)C[C@H](C(=O)N[C@@H](CC(F)F)B2O[C@@H]3C[C@@H]4C[C@@H](C4(C)C)[C@]3(C)O2)C[N+]2([O-])C(NCc3cccc(C(F)(F)F)c3)=CC(C(=N)N)=C12. The highest BCUT2D eigenvalue weighted by Gasteiger charge is 2.69. The number of fused-ring (bicyclic) bond motifs is 1. The fourth-order valence-electron chi connectivity index (χ4n) is 10.4. The molecule has 8 atom stereocenters. The number of piperidine rings is 1. The molecule has 14 nitrogen and oxygen atoms in total. The van der Waals surface area contributed by atoms with Gasteiger partial charge in [-0.2, -0.15) is 13.2 Å². The van der Waals surface area contributed by atoms with Crippen molar-refractivity contribution in [2.45, 2.75) is 103 Å². The van der Waals surface area contributed by atoms with Crippen molar-refractivity contribution in [2.24, 2.45) is 28.9 Å². The monoisotopic (exact) mass is 871 g/mol. The number of hydroxylamine groups is 3. The number of alkyl halides is 5. The minimum atomic E-state index is -4.65. The zero-order chi connectivity index (χ0) is 45.2. The summed E-state index contributed by atoms with van der Waals surface area (Å²) >= 11 is 0. The van der Waals surface area contributed by atoms with E-state index in [0.29, 0.717) is 12.3 Å². The van der Waals surface area contributed by atoms with Gasteiger partial charge in [0.2, 0.25) is 18.2 Å². The van der Waals surface area contributed by atoms with Crippen LogP contribution in [0.4, 0.5) is 32.4 Å². The van der Waals surface area contributed by atoms with E-state index in [2.05, 4.69) is 35.1 Å². The van der Waals surface area contributed by atoms with E-state index >= 15 is 5.21 Å². The number of rotatable bonds is 13. The standard InChI is InChI=1S/C42H51BF5N7O7/c1-6-60-37(57)26-12-7-8-13-28(26)52-38(58)54-40(4)19-23(36(56)53-31(18-32(44)45)43-61-30-16-25-15-29(39(25,2)3)41(30,5)62-43)21-55(59)33(17-27(34(40)55)35(49)50)51-20-22-10-9-11-24(14-22)42(46,47)48/h7-14,17,23,25,29-32,51H,6,15-16,18-21H2,1-5H3,(H3,49,50)(H,53,56)(H2,52,54,58)/t23-,25-,29-,30+,31-,40+,41-,55?/m0/s1. The molecule has 0 radical (unpaired) electrons. The lowest BCUT2D eigenvalue weighted by atomic mass is 9.43. The summed E-state index contributed by atoms with van der Waals surface area (Å²) in [4.78, 5) is 41.2. The van der Waals surface area contributed by atoms with E-state index in [1.165, 1.54) is 37.3 Å².